The van der Waals surface area contributed by atoms with E-state index in [4.69, 9.17) is 5.73 Å². The molecule has 8 heavy (non-hydrogen) atoms. The molecule has 0 aliphatic heterocycles. The molecule has 4 heteroatoms. The van der Waals surface area contributed by atoms with Crippen molar-refractivity contribution in [2.24, 2.45) is 5.73 Å². The van der Waals surface area contributed by atoms with Gasteiger partial charge in [0.2, 0.25) is 0 Å². The van der Waals surface area contributed by atoms with Crippen molar-refractivity contribution in [2.45, 2.75) is 13.1 Å². The second kappa shape index (κ2) is 1.92. The molecule has 0 aromatic carbocycles. The van der Waals surface area contributed by atoms with Crippen LogP contribution in [0.3, 0.4) is 0 Å². The second-order valence-electron chi connectivity index (χ2n) is 1.65. The minimum Gasteiger partial charge on any atom is -0.311 e. The molecular formula is C4H8N4. The number of nitrogens with two attached hydrogens (primary N) is 1. The normalized spacial score (nSPS) is 13.8. The van der Waals surface area contributed by atoms with Gasteiger partial charge >= 0.3 is 0 Å². The molecule has 0 spiro atoms. The maximum Gasteiger partial charge on any atom is 0.120 e. The lowest BCUT2D eigenvalue weighted by Gasteiger charge is -2.01. The largest absolute Gasteiger partial charge is 0.311 e. The van der Waals surface area contributed by atoms with Crippen molar-refractivity contribution in [1.29, 1.82) is 0 Å². The maximum absolute atomic E-state index is 5.44. The van der Waals surface area contributed by atoms with Crippen molar-refractivity contribution in [3.63, 3.8) is 0 Å². The third-order valence-corrected chi connectivity index (χ3v) is 0.907. The molecule has 0 bridgehead atoms. The lowest BCUT2D eigenvalue weighted by Crippen LogP contribution is -2.12. The zero-order valence-electron chi connectivity index (χ0n) is 4.65. The van der Waals surface area contributed by atoms with Crippen molar-refractivity contribution in [3.8, 4) is 0 Å². The van der Waals surface area contributed by atoms with Gasteiger partial charge in [0, 0.05) is 0 Å². The fourth-order valence-corrected chi connectivity index (χ4v) is 0.419. The molecule has 44 valence electrons. The first-order chi connectivity index (χ1) is 3.80. The predicted octanol–water partition coefficient (Wildman–Crippen LogP) is -0.245. The van der Waals surface area contributed by atoms with Gasteiger partial charge in [0.15, 0.2) is 0 Å². The van der Waals surface area contributed by atoms with Crippen LogP contribution in [0.25, 0.3) is 0 Å². The molecule has 4 nitrogen and oxygen atoms in total. The molecule has 0 saturated carbocycles. The van der Waals surface area contributed by atoms with Gasteiger partial charge in [-0.3, -0.25) is 0 Å². The lowest BCUT2D eigenvalue weighted by atomic mass is 10.6. The highest BCUT2D eigenvalue weighted by atomic mass is 15.3. The third kappa shape index (κ3) is 0.840. The summed E-state index contributed by atoms with van der Waals surface area (Å²) in [6.07, 6.45) is 3.15. The SMILES string of the molecule is CC(N)n1cnnc1. The first kappa shape index (κ1) is 5.24. The Morgan fingerprint density at radius 1 is 1.50 bits per heavy atom. The van der Waals surface area contributed by atoms with Crippen molar-refractivity contribution in [3.05, 3.63) is 12.7 Å². The Bertz CT molecular complexity index is 143. The van der Waals surface area contributed by atoms with E-state index in [1.165, 1.54) is 0 Å². The third-order valence-electron chi connectivity index (χ3n) is 0.907. The fourth-order valence-electron chi connectivity index (χ4n) is 0.419. The molecule has 1 aromatic heterocycles. The van der Waals surface area contributed by atoms with Crippen molar-refractivity contribution < 1.29 is 0 Å². The van der Waals surface area contributed by atoms with Gasteiger partial charge < -0.3 is 10.3 Å². The second-order valence-corrected chi connectivity index (χ2v) is 1.65. The first-order valence-electron chi connectivity index (χ1n) is 2.40. The van der Waals surface area contributed by atoms with Crippen LogP contribution in [-0.4, -0.2) is 14.8 Å². The molecule has 0 amide bonds. The summed E-state index contributed by atoms with van der Waals surface area (Å²) in [4.78, 5) is 0. The molecule has 0 aliphatic carbocycles. The highest BCUT2D eigenvalue weighted by Crippen LogP contribution is 1.90. The first-order valence-corrected chi connectivity index (χ1v) is 2.40. The van der Waals surface area contributed by atoms with Crippen LogP contribution in [0.1, 0.15) is 13.1 Å². The number of nitrogens with zero attached hydrogens (tertiary/aromatic N) is 3. The summed E-state index contributed by atoms with van der Waals surface area (Å²) in [6, 6.07) is 0. The van der Waals surface area contributed by atoms with Crippen LogP contribution in [0.2, 0.25) is 0 Å². The Morgan fingerprint density at radius 3 is 2.25 bits per heavy atom. The van der Waals surface area contributed by atoms with E-state index in [-0.39, 0.29) is 6.17 Å². The molecule has 1 heterocycles. The van der Waals surface area contributed by atoms with Gasteiger partial charge in [0.05, 0.1) is 6.17 Å². The Morgan fingerprint density at radius 2 is 2.00 bits per heavy atom. The minimum atomic E-state index is -0.0231. The standard InChI is InChI=1S/C4H8N4/c1-4(5)8-2-6-7-3-8/h2-4H,5H2,1H3. The van der Waals surface area contributed by atoms with E-state index >= 15 is 0 Å². The van der Waals surface area contributed by atoms with Crippen LogP contribution in [0.4, 0.5) is 0 Å². The zero-order chi connectivity index (χ0) is 5.98. The summed E-state index contributed by atoms with van der Waals surface area (Å²) in [5, 5.41) is 7.15. The quantitative estimate of drug-likeness (QED) is 0.545. The van der Waals surface area contributed by atoms with E-state index in [1.54, 1.807) is 17.2 Å². The minimum absolute atomic E-state index is 0.0231. The Balaban J connectivity index is 2.77. The predicted molar refractivity (Wildman–Crippen MR) is 28.9 cm³/mol. The number of aromatic nitrogens is 3. The number of hydrogen-bond acceptors (Lipinski definition) is 3. The van der Waals surface area contributed by atoms with E-state index in [2.05, 4.69) is 10.2 Å². The van der Waals surface area contributed by atoms with Gasteiger partial charge in [-0.1, -0.05) is 0 Å². The molecular weight excluding hydrogens is 104 g/mol. The van der Waals surface area contributed by atoms with Gasteiger partial charge in [-0.05, 0) is 6.92 Å². The van der Waals surface area contributed by atoms with Crippen molar-refractivity contribution in [1.82, 2.24) is 14.8 Å². The van der Waals surface area contributed by atoms with E-state index in [0.717, 1.165) is 0 Å². The molecule has 1 unspecified atom stereocenters. The van der Waals surface area contributed by atoms with Crippen LogP contribution in [0.15, 0.2) is 12.7 Å². The number of rotatable bonds is 1. The molecule has 0 fully saturated rings. The van der Waals surface area contributed by atoms with E-state index in [1.807, 2.05) is 6.92 Å². The lowest BCUT2D eigenvalue weighted by molar-refractivity contribution is 0.569. The number of hydrogen-bond donors (Lipinski definition) is 1. The maximum atomic E-state index is 5.44. The highest BCUT2D eigenvalue weighted by Gasteiger charge is 1.92. The Kier molecular flexibility index (Phi) is 1.26. The summed E-state index contributed by atoms with van der Waals surface area (Å²) in [5.74, 6) is 0. The molecule has 0 aliphatic rings. The van der Waals surface area contributed by atoms with Gasteiger partial charge in [-0.2, -0.15) is 0 Å². The molecule has 1 aromatic rings. The van der Waals surface area contributed by atoms with Gasteiger partial charge in [-0.25, -0.2) is 0 Å². The molecule has 0 radical (unpaired) electrons. The summed E-state index contributed by atoms with van der Waals surface area (Å²) in [7, 11) is 0. The zero-order valence-corrected chi connectivity index (χ0v) is 4.65. The summed E-state index contributed by atoms with van der Waals surface area (Å²) < 4.78 is 1.72. The molecule has 2 N–H and O–H groups in total. The van der Waals surface area contributed by atoms with E-state index in [0.29, 0.717) is 0 Å². The van der Waals surface area contributed by atoms with Crippen LogP contribution in [0.5, 0.6) is 0 Å². The van der Waals surface area contributed by atoms with Crippen LogP contribution in [-0.2, 0) is 0 Å². The van der Waals surface area contributed by atoms with Gasteiger partial charge in [-0.15, -0.1) is 10.2 Å². The van der Waals surface area contributed by atoms with Crippen LogP contribution < -0.4 is 5.73 Å². The molecule has 1 atom stereocenters. The Hall–Kier alpha value is -0.900. The van der Waals surface area contributed by atoms with E-state index in [9.17, 15) is 0 Å². The summed E-state index contributed by atoms with van der Waals surface area (Å²) in [5.41, 5.74) is 5.44. The molecule has 1 rings (SSSR count). The van der Waals surface area contributed by atoms with Gasteiger partial charge in [0.25, 0.3) is 0 Å². The average molecular weight is 112 g/mol. The monoisotopic (exact) mass is 112 g/mol. The average Bonchev–Trinajstić information content (AvgIpc) is 2.12. The smallest absolute Gasteiger partial charge is 0.120 e. The van der Waals surface area contributed by atoms with Gasteiger partial charge in [0.1, 0.15) is 12.7 Å². The van der Waals surface area contributed by atoms with Crippen molar-refractivity contribution in [2.75, 3.05) is 0 Å². The summed E-state index contributed by atoms with van der Waals surface area (Å²) >= 11 is 0. The molecule has 0 saturated heterocycles. The van der Waals surface area contributed by atoms with Crippen LogP contribution in [0, 0.1) is 0 Å². The van der Waals surface area contributed by atoms with E-state index < -0.39 is 0 Å². The van der Waals surface area contributed by atoms with Crippen LogP contribution >= 0.6 is 0 Å². The fraction of sp³-hybridized carbons (Fsp3) is 0.500. The highest BCUT2D eigenvalue weighted by molar-refractivity contribution is 4.63. The topological polar surface area (TPSA) is 56.7 Å². The van der Waals surface area contributed by atoms with Crippen molar-refractivity contribution >= 4 is 0 Å². The Labute approximate surface area is 47.3 Å². The summed E-state index contributed by atoms with van der Waals surface area (Å²) in [6.45, 7) is 1.86.